The zero-order valence-corrected chi connectivity index (χ0v) is 20.2. The van der Waals surface area contributed by atoms with Crippen LogP contribution < -0.4 is 27.4 Å². The van der Waals surface area contributed by atoms with Crippen LogP contribution in [0, 0.1) is 0 Å². The van der Waals surface area contributed by atoms with Crippen LogP contribution in [-0.4, -0.2) is 86.6 Å². The lowest BCUT2D eigenvalue weighted by Gasteiger charge is -2.24. The summed E-state index contributed by atoms with van der Waals surface area (Å²) < 4.78 is 0. The number of fused-ring (bicyclic) bond motifs is 1. The number of carbonyl (C=O) groups is 6. The molecular weight excluding hydrogens is 504 g/mol. The van der Waals surface area contributed by atoms with E-state index in [9.17, 15) is 28.8 Å². The number of hydrogen-bond acceptors (Lipinski definition) is 8. The molecular formula is C23H30N6O9. The van der Waals surface area contributed by atoms with Crippen LogP contribution in [0.5, 0.6) is 0 Å². The fourth-order valence-electron chi connectivity index (χ4n) is 3.59. The number of para-hydroxylation sites is 1. The highest BCUT2D eigenvalue weighted by atomic mass is 16.4. The van der Waals surface area contributed by atoms with Crippen molar-refractivity contribution in [1.82, 2.24) is 20.9 Å². The molecule has 1 heterocycles. The number of nitrogens with one attached hydrogen (secondary N) is 4. The van der Waals surface area contributed by atoms with Crippen LogP contribution in [0.4, 0.5) is 0 Å². The molecule has 15 heteroatoms. The predicted octanol–water partition coefficient (Wildman–Crippen LogP) is -2.69. The zero-order valence-electron chi connectivity index (χ0n) is 20.2. The number of nitrogens with two attached hydrogens (primary N) is 2. The van der Waals surface area contributed by atoms with Gasteiger partial charge in [0.15, 0.2) is 0 Å². The number of carboxylic acids is 2. The smallest absolute Gasteiger partial charge is 0.328 e. The highest BCUT2D eigenvalue weighted by molar-refractivity contribution is 5.96. The molecule has 0 aliphatic rings. The third-order valence-electron chi connectivity index (χ3n) is 5.57. The van der Waals surface area contributed by atoms with E-state index in [2.05, 4.69) is 15.6 Å². The van der Waals surface area contributed by atoms with Crippen molar-refractivity contribution in [3.63, 3.8) is 0 Å². The first kappa shape index (κ1) is 29.7. The number of benzene rings is 1. The van der Waals surface area contributed by atoms with Gasteiger partial charge in [0.1, 0.15) is 18.1 Å². The SMILES string of the molecule is NC(=O)CC(NC(=O)C(N)Cc1c[nH]c2ccccc12)C(=O)NC(CCC(=O)O)C(=O)NC(CO)C(=O)O. The Balaban J connectivity index is 2.14. The van der Waals surface area contributed by atoms with Crippen LogP contribution in [-0.2, 0) is 35.2 Å². The summed E-state index contributed by atoms with van der Waals surface area (Å²) in [7, 11) is 0. The highest BCUT2D eigenvalue weighted by Crippen LogP contribution is 2.18. The van der Waals surface area contributed by atoms with Crippen molar-refractivity contribution in [1.29, 1.82) is 0 Å². The van der Waals surface area contributed by atoms with Crippen molar-refractivity contribution in [2.24, 2.45) is 11.5 Å². The summed E-state index contributed by atoms with van der Waals surface area (Å²) >= 11 is 0. The number of amides is 4. The van der Waals surface area contributed by atoms with Gasteiger partial charge in [-0.25, -0.2) is 4.79 Å². The standard InChI is InChI=1S/C23H30N6O9/c24-13(7-11-9-26-14-4-2-1-3-12(11)14)20(34)28-16(8-18(25)31)22(36)27-15(5-6-19(32)33)21(35)29-17(10-30)23(37)38/h1-4,9,13,15-17,26,30H,5-8,10,24H2,(H2,25,31)(H,27,36)(H,28,34)(H,29,35)(H,32,33)(H,37,38). The molecule has 0 saturated carbocycles. The molecule has 11 N–H and O–H groups in total. The normalized spacial score (nSPS) is 14.1. The van der Waals surface area contributed by atoms with Gasteiger partial charge in [-0.05, 0) is 24.5 Å². The molecule has 0 aliphatic heterocycles. The fraction of sp³-hybridized carbons (Fsp3) is 0.391. The lowest BCUT2D eigenvalue weighted by atomic mass is 10.0. The van der Waals surface area contributed by atoms with Crippen molar-refractivity contribution >= 4 is 46.5 Å². The molecule has 0 bridgehead atoms. The number of aromatic amines is 1. The summed E-state index contributed by atoms with van der Waals surface area (Å²) in [5.41, 5.74) is 12.8. The van der Waals surface area contributed by atoms with Crippen molar-refractivity contribution < 1.29 is 44.1 Å². The molecule has 0 spiro atoms. The Kier molecular flexibility index (Phi) is 10.7. The van der Waals surface area contributed by atoms with Gasteiger partial charge in [0, 0.05) is 23.5 Å². The van der Waals surface area contributed by atoms with E-state index in [0.29, 0.717) is 0 Å². The minimum atomic E-state index is -1.71. The lowest BCUT2D eigenvalue weighted by Crippen LogP contribution is -2.58. The van der Waals surface area contributed by atoms with E-state index in [1.54, 1.807) is 6.20 Å². The molecule has 0 aliphatic carbocycles. The van der Waals surface area contributed by atoms with Gasteiger partial charge in [0.05, 0.1) is 19.1 Å². The average Bonchev–Trinajstić information content (AvgIpc) is 3.26. The highest BCUT2D eigenvalue weighted by Gasteiger charge is 2.31. The Morgan fingerprint density at radius 1 is 0.895 bits per heavy atom. The number of aliphatic hydroxyl groups is 1. The summed E-state index contributed by atoms with van der Waals surface area (Å²) in [6, 6.07) is 1.34. The maximum Gasteiger partial charge on any atom is 0.328 e. The van der Waals surface area contributed by atoms with Crippen molar-refractivity contribution in [2.45, 2.75) is 49.9 Å². The average molecular weight is 535 g/mol. The number of hydrogen-bond donors (Lipinski definition) is 9. The molecule has 0 fully saturated rings. The molecule has 0 radical (unpaired) electrons. The van der Waals surface area contributed by atoms with Crippen molar-refractivity contribution in [3.8, 4) is 0 Å². The number of H-pyrrole nitrogens is 1. The second kappa shape index (κ2) is 13.7. The lowest BCUT2D eigenvalue weighted by molar-refractivity contribution is -0.144. The molecule has 4 amide bonds. The third-order valence-corrected chi connectivity index (χ3v) is 5.57. The monoisotopic (exact) mass is 534 g/mol. The molecule has 1 aromatic carbocycles. The largest absolute Gasteiger partial charge is 0.481 e. The first-order chi connectivity index (χ1) is 17.9. The van der Waals surface area contributed by atoms with Crippen LogP contribution in [0.25, 0.3) is 10.9 Å². The van der Waals surface area contributed by atoms with Crippen LogP contribution in [0.2, 0.25) is 0 Å². The van der Waals surface area contributed by atoms with Gasteiger partial charge >= 0.3 is 11.9 Å². The van der Waals surface area contributed by atoms with E-state index in [4.69, 9.17) is 26.8 Å². The van der Waals surface area contributed by atoms with Gasteiger partial charge < -0.3 is 47.7 Å². The molecule has 4 unspecified atom stereocenters. The van der Waals surface area contributed by atoms with E-state index in [1.807, 2.05) is 29.6 Å². The van der Waals surface area contributed by atoms with Gasteiger partial charge in [0.2, 0.25) is 23.6 Å². The molecule has 0 saturated heterocycles. The fourth-order valence-corrected chi connectivity index (χ4v) is 3.59. The summed E-state index contributed by atoms with van der Waals surface area (Å²) in [6.07, 6.45) is 0.0641. The van der Waals surface area contributed by atoms with Crippen LogP contribution >= 0.6 is 0 Å². The predicted molar refractivity (Wildman–Crippen MR) is 131 cm³/mol. The number of primary amides is 1. The Morgan fingerprint density at radius 3 is 2.11 bits per heavy atom. The van der Waals surface area contributed by atoms with Crippen LogP contribution in [0.15, 0.2) is 30.5 Å². The Labute approximate surface area is 215 Å². The van der Waals surface area contributed by atoms with E-state index in [-0.39, 0.29) is 6.42 Å². The summed E-state index contributed by atoms with van der Waals surface area (Å²) in [5.74, 6) is -6.78. The van der Waals surface area contributed by atoms with E-state index in [1.165, 1.54) is 0 Å². The second-order valence-electron chi connectivity index (χ2n) is 8.48. The topological polar surface area (TPSA) is 267 Å². The summed E-state index contributed by atoms with van der Waals surface area (Å²) in [6.45, 7) is -0.963. The number of carboxylic acid groups (broad SMARTS) is 2. The van der Waals surface area contributed by atoms with Crippen molar-refractivity contribution in [2.75, 3.05) is 6.61 Å². The number of aromatic nitrogens is 1. The van der Waals surface area contributed by atoms with Gasteiger partial charge in [-0.2, -0.15) is 0 Å². The maximum atomic E-state index is 12.9. The molecule has 1 aromatic heterocycles. The number of carbonyl (C=O) groups excluding carboxylic acids is 4. The van der Waals surface area contributed by atoms with E-state index in [0.717, 1.165) is 16.5 Å². The third kappa shape index (κ3) is 8.56. The van der Waals surface area contributed by atoms with Gasteiger partial charge in [-0.3, -0.25) is 24.0 Å². The van der Waals surface area contributed by atoms with Crippen molar-refractivity contribution in [3.05, 3.63) is 36.0 Å². The minimum absolute atomic E-state index is 0.0855. The Hall–Kier alpha value is -4.50. The quantitative estimate of drug-likeness (QED) is 0.114. The van der Waals surface area contributed by atoms with Gasteiger partial charge in [-0.1, -0.05) is 18.2 Å². The van der Waals surface area contributed by atoms with E-state index >= 15 is 0 Å². The maximum absolute atomic E-state index is 12.9. The molecule has 206 valence electrons. The molecule has 2 rings (SSSR count). The molecule has 2 aromatic rings. The van der Waals surface area contributed by atoms with Crippen LogP contribution in [0.1, 0.15) is 24.8 Å². The summed E-state index contributed by atoms with van der Waals surface area (Å²) in [5, 5.41) is 34.5. The zero-order chi connectivity index (χ0) is 28.4. The molecule has 15 nitrogen and oxygen atoms in total. The second-order valence-corrected chi connectivity index (χ2v) is 8.48. The minimum Gasteiger partial charge on any atom is -0.481 e. The van der Waals surface area contributed by atoms with Gasteiger partial charge in [-0.15, -0.1) is 0 Å². The first-order valence-corrected chi connectivity index (χ1v) is 11.5. The number of rotatable bonds is 15. The van der Waals surface area contributed by atoms with Crippen LogP contribution in [0.3, 0.4) is 0 Å². The van der Waals surface area contributed by atoms with E-state index < -0.39 is 85.6 Å². The summed E-state index contributed by atoms with van der Waals surface area (Å²) in [4.78, 5) is 74.9. The Bertz CT molecular complexity index is 1200. The Morgan fingerprint density at radius 2 is 1.50 bits per heavy atom. The number of aliphatic carboxylic acids is 2. The first-order valence-electron chi connectivity index (χ1n) is 11.5. The molecule has 4 atom stereocenters. The van der Waals surface area contributed by atoms with Gasteiger partial charge in [0.25, 0.3) is 0 Å². The number of aliphatic hydroxyl groups excluding tert-OH is 1. The molecule has 38 heavy (non-hydrogen) atoms.